The number of amides is 1. The Hall–Kier alpha value is -2.83. The van der Waals surface area contributed by atoms with E-state index in [-0.39, 0.29) is 12.3 Å². The second-order valence-corrected chi connectivity index (χ2v) is 7.49. The second kappa shape index (κ2) is 6.72. The van der Waals surface area contributed by atoms with Crippen LogP contribution in [0.5, 0.6) is 0 Å². The predicted octanol–water partition coefficient (Wildman–Crippen LogP) is 3.21. The zero-order chi connectivity index (χ0) is 18.2. The van der Waals surface area contributed by atoms with E-state index >= 15 is 0 Å². The lowest BCUT2D eigenvalue weighted by Crippen LogP contribution is -2.30. The van der Waals surface area contributed by atoms with Crippen LogP contribution >= 0.6 is 0 Å². The van der Waals surface area contributed by atoms with E-state index in [0.717, 1.165) is 55.3 Å². The summed E-state index contributed by atoms with van der Waals surface area (Å²) in [6, 6.07) is 4.31. The summed E-state index contributed by atoms with van der Waals surface area (Å²) >= 11 is 0. The lowest BCUT2D eigenvalue weighted by Gasteiger charge is -2.24. The molecule has 1 amide bonds. The fraction of sp³-hybridized carbons (Fsp3) is 0.450. The van der Waals surface area contributed by atoms with Gasteiger partial charge in [-0.3, -0.25) is 10.1 Å². The molecule has 0 spiro atoms. The summed E-state index contributed by atoms with van der Waals surface area (Å²) in [5.41, 5.74) is 4.53. The van der Waals surface area contributed by atoms with Crippen LogP contribution in [0.1, 0.15) is 42.4 Å². The van der Waals surface area contributed by atoms with Gasteiger partial charge in [0, 0.05) is 24.0 Å². The van der Waals surface area contributed by atoms with Gasteiger partial charge in [0.05, 0.1) is 12.7 Å². The third-order valence-corrected chi connectivity index (χ3v) is 5.59. The third-order valence-electron chi connectivity index (χ3n) is 5.59. The van der Waals surface area contributed by atoms with Crippen LogP contribution in [0, 0.1) is 0 Å². The lowest BCUT2D eigenvalue weighted by molar-refractivity contribution is -0.115. The first-order valence-corrected chi connectivity index (χ1v) is 9.75. The van der Waals surface area contributed by atoms with Gasteiger partial charge in [0.15, 0.2) is 0 Å². The highest BCUT2D eigenvalue weighted by Crippen LogP contribution is 2.30. The summed E-state index contributed by atoms with van der Waals surface area (Å²) in [6.45, 7) is 1.94. The van der Waals surface area contributed by atoms with Crippen LogP contribution < -0.4 is 10.2 Å². The van der Waals surface area contributed by atoms with E-state index in [9.17, 15) is 4.79 Å². The summed E-state index contributed by atoms with van der Waals surface area (Å²) in [5, 5.41) is 10.9. The molecule has 3 aromatic rings. The van der Waals surface area contributed by atoms with Gasteiger partial charge < -0.3 is 9.32 Å². The van der Waals surface area contributed by atoms with Crippen molar-refractivity contribution in [1.82, 2.24) is 15.2 Å². The van der Waals surface area contributed by atoms with Crippen LogP contribution in [0.2, 0.25) is 0 Å². The number of piperidine rings is 1. The number of aromatic amines is 1. The summed E-state index contributed by atoms with van der Waals surface area (Å²) < 4.78 is 5.69. The Kier molecular flexibility index (Phi) is 4.07. The van der Waals surface area contributed by atoms with Gasteiger partial charge in [0.25, 0.3) is 0 Å². The zero-order valence-electron chi connectivity index (χ0n) is 15.3. The standard InChI is InChI=1S/C20H23N5O2/c26-18(21-19-22-20(24-23-19)25-7-2-1-3-8-25)11-15-12-27-17-10-14-6-4-5-13(14)9-16(15)17/h9-10,12H,1-8,11H2,(H2,21,22,23,24,26). The van der Waals surface area contributed by atoms with Gasteiger partial charge in [-0.25, -0.2) is 5.10 Å². The molecule has 1 aliphatic carbocycles. The minimum atomic E-state index is -0.125. The summed E-state index contributed by atoms with van der Waals surface area (Å²) in [5.74, 6) is 0.933. The normalized spacial score (nSPS) is 16.7. The predicted molar refractivity (Wildman–Crippen MR) is 103 cm³/mol. The number of anilines is 2. The molecule has 2 N–H and O–H groups in total. The number of hydrogen-bond donors (Lipinski definition) is 2. The van der Waals surface area contributed by atoms with Crippen LogP contribution in [0.15, 0.2) is 22.8 Å². The molecule has 7 heteroatoms. The van der Waals surface area contributed by atoms with Crippen LogP contribution in [-0.4, -0.2) is 34.2 Å². The molecular weight excluding hydrogens is 342 g/mol. The minimum absolute atomic E-state index is 0.125. The van der Waals surface area contributed by atoms with Crippen molar-refractivity contribution < 1.29 is 9.21 Å². The van der Waals surface area contributed by atoms with Crippen molar-refractivity contribution in [3.05, 3.63) is 35.1 Å². The van der Waals surface area contributed by atoms with Crippen molar-refractivity contribution in [3.63, 3.8) is 0 Å². The number of rotatable bonds is 4. The maximum Gasteiger partial charge on any atom is 0.246 e. The van der Waals surface area contributed by atoms with Crippen LogP contribution in [-0.2, 0) is 24.1 Å². The number of aryl methyl sites for hydroxylation is 2. The van der Waals surface area contributed by atoms with E-state index in [0.29, 0.717) is 11.9 Å². The molecule has 0 unspecified atom stereocenters. The molecule has 7 nitrogen and oxygen atoms in total. The van der Waals surface area contributed by atoms with Crippen LogP contribution in [0.3, 0.4) is 0 Å². The molecule has 0 radical (unpaired) electrons. The number of H-pyrrole nitrogens is 1. The molecular formula is C20H23N5O2. The molecule has 5 rings (SSSR count). The zero-order valence-corrected chi connectivity index (χ0v) is 15.3. The van der Waals surface area contributed by atoms with E-state index < -0.39 is 0 Å². The average molecular weight is 365 g/mol. The van der Waals surface area contributed by atoms with Gasteiger partial charge in [0.2, 0.25) is 17.8 Å². The highest BCUT2D eigenvalue weighted by Gasteiger charge is 2.19. The maximum absolute atomic E-state index is 12.5. The molecule has 3 heterocycles. The van der Waals surface area contributed by atoms with E-state index in [4.69, 9.17) is 4.42 Å². The Balaban J connectivity index is 1.28. The van der Waals surface area contributed by atoms with Gasteiger partial charge in [-0.1, -0.05) is 0 Å². The number of fused-ring (bicyclic) bond motifs is 2. The molecule has 2 aliphatic rings. The number of carbonyl (C=O) groups is 1. The van der Waals surface area contributed by atoms with E-state index in [2.05, 4.69) is 37.5 Å². The van der Waals surface area contributed by atoms with E-state index in [1.165, 1.54) is 24.0 Å². The Morgan fingerprint density at radius 3 is 2.81 bits per heavy atom. The quantitative estimate of drug-likeness (QED) is 0.741. The van der Waals surface area contributed by atoms with Crippen molar-refractivity contribution in [2.45, 2.75) is 44.9 Å². The van der Waals surface area contributed by atoms with Crippen molar-refractivity contribution in [3.8, 4) is 0 Å². The smallest absolute Gasteiger partial charge is 0.246 e. The minimum Gasteiger partial charge on any atom is -0.464 e. The first-order chi connectivity index (χ1) is 13.3. The molecule has 1 saturated heterocycles. The van der Waals surface area contributed by atoms with E-state index in [1.54, 1.807) is 6.26 Å². The molecule has 2 aromatic heterocycles. The van der Waals surface area contributed by atoms with Gasteiger partial charge in [-0.05, 0) is 61.8 Å². The molecule has 1 aliphatic heterocycles. The molecule has 0 saturated carbocycles. The number of carbonyl (C=O) groups excluding carboxylic acids is 1. The fourth-order valence-electron chi connectivity index (χ4n) is 4.18. The van der Waals surface area contributed by atoms with Crippen molar-refractivity contribution in [1.29, 1.82) is 0 Å². The van der Waals surface area contributed by atoms with Crippen LogP contribution in [0.4, 0.5) is 11.9 Å². The Bertz CT molecular complexity index is 984. The Labute approximate surface area is 157 Å². The Morgan fingerprint density at radius 1 is 1.15 bits per heavy atom. The fourth-order valence-corrected chi connectivity index (χ4v) is 4.18. The van der Waals surface area contributed by atoms with Gasteiger partial charge >= 0.3 is 0 Å². The van der Waals surface area contributed by atoms with Crippen molar-refractivity contribution in [2.24, 2.45) is 0 Å². The summed E-state index contributed by atoms with van der Waals surface area (Å²) in [7, 11) is 0. The molecule has 0 bridgehead atoms. The summed E-state index contributed by atoms with van der Waals surface area (Å²) in [6.07, 6.45) is 8.95. The molecule has 140 valence electrons. The SMILES string of the molecule is O=C(Cc1coc2cc3c(cc12)CCC3)Nc1nc(N2CCCCC2)n[nH]1. The molecule has 1 aromatic carbocycles. The first-order valence-electron chi connectivity index (χ1n) is 9.75. The van der Waals surface area contributed by atoms with Gasteiger partial charge in [-0.2, -0.15) is 4.98 Å². The molecule has 1 fully saturated rings. The number of aromatic nitrogens is 3. The second-order valence-electron chi connectivity index (χ2n) is 7.49. The van der Waals surface area contributed by atoms with Crippen molar-refractivity contribution >= 4 is 28.8 Å². The number of hydrogen-bond acceptors (Lipinski definition) is 5. The number of benzene rings is 1. The largest absolute Gasteiger partial charge is 0.464 e. The van der Waals surface area contributed by atoms with Crippen LogP contribution in [0.25, 0.3) is 11.0 Å². The number of nitrogens with one attached hydrogen (secondary N) is 2. The monoisotopic (exact) mass is 365 g/mol. The average Bonchev–Trinajstić information content (AvgIpc) is 3.41. The number of furan rings is 1. The van der Waals surface area contributed by atoms with Gasteiger partial charge in [-0.15, -0.1) is 5.10 Å². The lowest BCUT2D eigenvalue weighted by atomic mass is 10.0. The van der Waals surface area contributed by atoms with Crippen molar-refractivity contribution in [2.75, 3.05) is 23.3 Å². The number of nitrogens with zero attached hydrogens (tertiary/aromatic N) is 3. The maximum atomic E-state index is 12.5. The summed E-state index contributed by atoms with van der Waals surface area (Å²) in [4.78, 5) is 19.1. The Morgan fingerprint density at radius 2 is 1.96 bits per heavy atom. The molecule has 27 heavy (non-hydrogen) atoms. The van der Waals surface area contributed by atoms with Gasteiger partial charge in [0.1, 0.15) is 5.58 Å². The first kappa shape index (κ1) is 16.4. The van der Waals surface area contributed by atoms with E-state index in [1.807, 2.05) is 0 Å². The highest BCUT2D eigenvalue weighted by molar-refractivity contribution is 5.94. The third kappa shape index (κ3) is 3.18. The highest BCUT2D eigenvalue weighted by atomic mass is 16.3. The molecule has 0 atom stereocenters. The topological polar surface area (TPSA) is 87.1 Å².